The van der Waals surface area contributed by atoms with Gasteiger partial charge >= 0.3 is 6.01 Å². The smallest absolute Gasteiger partial charge is 0.318 e. The van der Waals surface area contributed by atoms with Crippen molar-refractivity contribution in [3.8, 4) is 17.5 Å². The third-order valence-electron chi connectivity index (χ3n) is 3.12. The molecule has 2 aromatic rings. The topological polar surface area (TPSA) is 56.7 Å². The minimum atomic E-state index is -0.534. The molecule has 0 amide bonds. The van der Waals surface area contributed by atoms with Gasteiger partial charge < -0.3 is 19.1 Å². The highest BCUT2D eigenvalue weighted by molar-refractivity contribution is 5.64. The van der Waals surface area contributed by atoms with E-state index in [1.165, 1.54) is 7.11 Å². The van der Waals surface area contributed by atoms with Crippen molar-refractivity contribution in [1.29, 1.82) is 0 Å². The van der Waals surface area contributed by atoms with Gasteiger partial charge in [0.05, 0.1) is 13.3 Å². The Labute approximate surface area is 121 Å². The van der Waals surface area contributed by atoms with Gasteiger partial charge in [0.15, 0.2) is 23.1 Å². The molecule has 3 rings (SSSR count). The van der Waals surface area contributed by atoms with Crippen molar-refractivity contribution in [3.63, 3.8) is 0 Å². The number of hydrogen-bond acceptors (Lipinski definition) is 6. The highest BCUT2D eigenvalue weighted by atomic mass is 19.1. The first-order valence-corrected chi connectivity index (χ1v) is 6.39. The summed E-state index contributed by atoms with van der Waals surface area (Å²) < 4.78 is 29.8. The maximum absolute atomic E-state index is 13.9. The molecule has 0 aliphatic carbocycles. The van der Waals surface area contributed by atoms with Gasteiger partial charge in [-0.2, -0.15) is 4.98 Å². The number of anilines is 2. The van der Waals surface area contributed by atoms with Crippen molar-refractivity contribution >= 4 is 11.5 Å². The fraction of sp³-hybridized carbons (Fsp3) is 0.286. The third-order valence-corrected chi connectivity index (χ3v) is 3.12. The number of hydrogen-bond donors (Lipinski definition) is 0. The molecule has 0 unspecified atom stereocenters. The molecule has 2 heterocycles. The normalized spacial score (nSPS) is 12.9. The van der Waals surface area contributed by atoms with Crippen LogP contribution in [0.25, 0.3) is 0 Å². The third kappa shape index (κ3) is 2.54. The van der Waals surface area contributed by atoms with Crippen molar-refractivity contribution < 1.29 is 18.6 Å². The van der Waals surface area contributed by atoms with Crippen LogP contribution in [-0.4, -0.2) is 37.3 Å². The van der Waals surface area contributed by atoms with Crippen molar-refractivity contribution in [3.05, 3.63) is 30.2 Å². The largest absolute Gasteiger partial charge is 0.486 e. The Morgan fingerprint density at radius 1 is 1.24 bits per heavy atom. The monoisotopic (exact) mass is 291 g/mol. The lowest BCUT2D eigenvalue weighted by atomic mass is 10.2. The first-order valence-electron chi connectivity index (χ1n) is 6.39. The Morgan fingerprint density at radius 3 is 2.76 bits per heavy atom. The van der Waals surface area contributed by atoms with Crippen molar-refractivity contribution in [1.82, 2.24) is 9.97 Å². The van der Waals surface area contributed by atoms with Crippen LogP contribution >= 0.6 is 0 Å². The van der Waals surface area contributed by atoms with E-state index < -0.39 is 5.82 Å². The summed E-state index contributed by atoms with van der Waals surface area (Å²) in [5.41, 5.74) is 0.721. The number of nitrogens with zero attached hydrogens (tertiary/aromatic N) is 3. The summed E-state index contributed by atoms with van der Waals surface area (Å²) in [5.74, 6) is 0.901. The van der Waals surface area contributed by atoms with Gasteiger partial charge in [0.2, 0.25) is 0 Å². The van der Waals surface area contributed by atoms with Gasteiger partial charge in [0.1, 0.15) is 13.2 Å². The van der Waals surface area contributed by atoms with Crippen LogP contribution < -0.4 is 19.1 Å². The summed E-state index contributed by atoms with van der Waals surface area (Å²) >= 11 is 0. The van der Waals surface area contributed by atoms with Gasteiger partial charge in [-0.05, 0) is 12.1 Å². The molecule has 1 aliphatic rings. The van der Waals surface area contributed by atoms with Crippen molar-refractivity contribution in [2.45, 2.75) is 0 Å². The van der Waals surface area contributed by atoms with Crippen LogP contribution in [0.4, 0.5) is 15.9 Å². The standard InChI is InChI=1S/C14H14FN3O3/c1-18(13-10(15)8-16-14(17-13)19-2)9-3-4-11-12(7-9)21-6-5-20-11/h3-4,7-8H,5-6H2,1-2H3. The zero-order valence-electron chi connectivity index (χ0n) is 11.7. The van der Waals surface area contributed by atoms with E-state index in [1.807, 2.05) is 6.07 Å². The average molecular weight is 291 g/mol. The van der Waals surface area contributed by atoms with E-state index >= 15 is 0 Å². The summed E-state index contributed by atoms with van der Waals surface area (Å²) in [6.07, 6.45) is 1.08. The molecule has 0 saturated carbocycles. The lowest BCUT2D eigenvalue weighted by Gasteiger charge is -2.23. The zero-order valence-corrected chi connectivity index (χ0v) is 11.7. The summed E-state index contributed by atoms with van der Waals surface area (Å²) in [6.45, 7) is 1.02. The molecule has 1 aromatic carbocycles. The SMILES string of the molecule is COc1ncc(F)c(N(C)c2ccc3c(c2)OCCO3)n1. The van der Waals surface area contributed by atoms with E-state index in [2.05, 4.69) is 9.97 Å². The Morgan fingerprint density at radius 2 is 2.00 bits per heavy atom. The van der Waals surface area contributed by atoms with E-state index in [-0.39, 0.29) is 11.8 Å². The van der Waals surface area contributed by atoms with Gasteiger partial charge in [0.25, 0.3) is 0 Å². The van der Waals surface area contributed by atoms with E-state index in [1.54, 1.807) is 24.1 Å². The van der Waals surface area contributed by atoms with Crippen molar-refractivity contribution in [2.24, 2.45) is 0 Å². The molecule has 0 bridgehead atoms. The number of benzene rings is 1. The molecule has 0 N–H and O–H groups in total. The summed E-state index contributed by atoms with van der Waals surface area (Å²) in [6, 6.07) is 5.48. The number of halogens is 1. The lowest BCUT2D eigenvalue weighted by molar-refractivity contribution is 0.171. The highest BCUT2D eigenvalue weighted by Crippen LogP contribution is 2.35. The predicted octanol–water partition coefficient (Wildman–Crippen LogP) is 2.16. The first kappa shape index (κ1) is 13.4. The van der Waals surface area contributed by atoms with E-state index in [0.717, 1.165) is 11.9 Å². The second-order valence-electron chi connectivity index (χ2n) is 4.42. The van der Waals surface area contributed by atoms with E-state index in [4.69, 9.17) is 14.2 Å². The number of rotatable bonds is 3. The van der Waals surface area contributed by atoms with Gasteiger partial charge in [-0.15, -0.1) is 0 Å². The molecule has 0 atom stereocenters. The van der Waals surface area contributed by atoms with Gasteiger partial charge in [-0.1, -0.05) is 0 Å². The Balaban J connectivity index is 1.96. The second kappa shape index (κ2) is 5.43. The second-order valence-corrected chi connectivity index (χ2v) is 4.42. The van der Waals surface area contributed by atoms with Crippen molar-refractivity contribution in [2.75, 3.05) is 32.3 Å². The number of methoxy groups -OCH3 is 1. The van der Waals surface area contributed by atoms with Crippen LogP contribution in [0.3, 0.4) is 0 Å². The number of aromatic nitrogens is 2. The average Bonchev–Trinajstić information content (AvgIpc) is 2.54. The minimum absolute atomic E-state index is 0.107. The number of fused-ring (bicyclic) bond motifs is 1. The Bertz CT molecular complexity index is 666. The van der Waals surface area contributed by atoms with Crippen LogP contribution in [0.1, 0.15) is 0 Å². The fourth-order valence-electron chi connectivity index (χ4n) is 2.04. The summed E-state index contributed by atoms with van der Waals surface area (Å²) in [7, 11) is 3.14. The molecule has 1 aromatic heterocycles. The summed E-state index contributed by atoms with van der Waals surface area (Å²) in [5, 5.41) is 0. The molecule has 1 aliphatic heterocycles. The molecule has 0 spiro atoms. The van der Waals surface area contributed by atoms with Crippen LogP contribution in [-0.2, 0) is 0 Å². The maximum atomic E-state index is 13.9. The maximum Gasteiger partial charge on any atom is 0.318 e. The van der Waals surface area contributed by atoms with Gasteiger partial charge in [-0.25, -0.2) is 9.37 Å². The Kier molecular flexibility index (Phi) is 3.47. The fourth-order valence-corrected chi connectivity index (χ4v) is 2.04. The minimum Gasteiger partial charge on any atom is -0.486 e. The molecular formula is C14H14FN3O3. The lowest BCUT2D eigenvalue weighted by Crippen LogP contribution is -2.17. The van der Waals surface area contributed by atoms with E-state index in [0.29, 0.717) is 24.7 Å². The van der Waals surface area contributed by atoms with Crippen LogP contribution in [0, 0.1) is 5.82 Å². The predicted molar refractivity (Wildman–Crippen MR) is 74.0 cm³/mol. The zero-order chi connectivity index (χ0) is 14.8. The highest BCUT2D eigenvalue weighted by Gasteiger charge is 2.17. The molecule has 7 heteroatoms. The molecule has 0 fully saturated rings. The van der Waals surface area contributed by atoms with Gasteiger partial charge in [0, 0.05) is 18.8 Å². The molecule has 21 heavy (non-hydrogen) atoms. The first-order chi connectivity index (χ1) is 10.2. The molecule has 110 valence electrons. The van der Waals surface area contributed by atoms with Crippen LogP contribution in [0.5, 0.6) is 17.5 Å². The number of ether oxygens (including phenoxy) is 3. The summed E-state index contributed by atoms with van der Waals surface area (Å²) in [4.78, 5) is 9.34. The van der Waals surface area contributed by atoms with Crippen LogP contribution in [0.15, 0.2) is 24.4 Å². The Hall–Kier alpha value is -2.57. The molecule has 0 saturated heterocycles. The van der Waals surface area contributed by atoms with E-state index in [9.17, 15) is 4.39 Å². The van der Waals surface area contributed by atoms with Crippen LogP contribution in [0.2, 0.25) is 0 Å². The molecular weight excluding hydrogens is 277 g/mol. The van der Waals surface area contributed by atoms with Gasteiger partial charge in [-0.3, -0.25) is 0 Å². The molecule has 6 nitrogen and oxygen atoms in total. The quantitative estimate of drug-likeness (QED) is 0.864. The molecule has 0 radical (unpaired) electrons.